The molecule has 1 aromatic heterocycles. The molecule has 0 bridgehead atoms. The first-order valence-electron chi connectivity index (χ1n) is 7.24. The molecule has 7 nitrogen and oxygen atoms in total. The smallest absolute Gasteiger partial charge is 0.349 e. The van der Waals surface area contributed by atoms with E-state index in [1.165, 1.54) is 0 Å². The number of benzene rings is 2. The summed E-state index contributed by atoms with van der Waals surface area (Å²) in [6, 6.07) is 15.2. The van der Waals surface area contributed by atoms with E-state index >= 15 is 0 Å². The Hall–Kier alpha value is -2.71. The summed E-state index contributed by atoms with van der Waals surface area (Å²) in [6.45, 7) is 0. The summed E-state index contributed by atoms with van der Waals surface area (Å²) < 4.78 is 13.3. The number of nitrogens with one attached hydrogen (secondary N) is 1. The van der Waals surface area contributed by atoms with Crippen LogP contribution in [0.25, 0.3) is 0 Å². The van der Waals surface area contributed by atoms with Crippen molar-refractivity contribution in [2.45, 2.75) is 10.9 Å². The summed E-state index contributed by atoms with van der Waals surface area (Å²) in [7, 11) is -1.51. The monoisotopic (exact) mass is 375 g/mol. The normalized spacial score (nSPS) is 11.9. The molecule has 3 aromatic rings. The van der Waals surface area contributed by atoms with Crippen molar-refractivity contribution in [2.24, 2.45) is 0 Å². The molecule has 128 valence electrons. The molecule has 1 atom stereocenters. The van der Waals surface area contributed by atoms with E-state index in [-0.39, 0.29) is 16.9 Å². The zero-order valence-electron chi connectivity index (χ0n) is 12.9. The molecule has 3 N–H and O–H groups in total. The Kier molecular flexibility index (Phi) is 5.11. The second-order valence-electron chi connectivity index (χ2n) is 5.08. The second-order valence-corrected chi connectivity index (χ2v) is 6.86. The first-order chi connectivity index (χ1) is 12.0. The fourth-order valence-electron chi connectivity index (χ4n) is 2.05. The van der Waals surface area contributed by atoms with Gasteiger partial charge in [0.1, 0.15) is 0 Å². The third-order valence-electron chi connectivity index (χ3n) is 3.24. The quantitative estimate of drug-likeness (QED) is 0.729. The van der Waals surface area contributed by atoms with Crippen molar-refractivity contribution in [2.75, 3.05) is 11.1 Å². The van der Waals surface area contributed by atoms with Crippen molar-refractivity contribution >= 4 is 40.1 Å². The van der Waals surface area contributed by atoms with E-state index in [9.17, 15) is 9.00 Å². The molecule has 9 heteroatoms. The Bertz CT molecular complexity index is 912. The van der Waals surface area contributed by atoms with Crippen molar-refractivity contribution in [3.05, 3.63) is 65.2 Å². The van der Waals surface area contributed by atoms with E-state index in [0.717, 1.165) is 10.2 Å². The van der Waals surface area contributed by atoms with Crippen molar-refractivity contribution in [1.29, 1.82) is 0 Å². The van der Waals surface area contributed by atoms with Crippen LogP contribution in [0.1, 0.15) is 5.56 Å². The maximum atomic E-state index is 12.4. The molecule has 1 heterocycles. The van der Waals surface area contributed by atoms with Crippen molar-refractivity contribution < 1.29 is 9.00 Å². The fraction of sp³-hybridized carbons (Fsp3) is 0.0625. The van der Waals surface area contributed by atoms with Gasteiger partial charge in [0.25, 0.3) is 0 Å². The van der Waals surface area contributed by atoms with Crippen LogP contribution in [0.3, 0.4) is 0 Å². The average Bonchev–Trinajstić information content (AvgIpc) is 3.00. The third kappa shape index (κ3) is 4.23. The zero-order chi connectivity index (χ0) is 17.8. The van der Waals surface area contributed by atoms with Gasteiger partial charge in [-0.1, -0.05) is 41.9 Å². The summed E-state index contributed by atoms with van der Waals surface area (Å²) in [4.78, 5) is 16.2. The van der Waals surface area contributed by atoms with Crippen LogP contribution in [0.4, 0.5) is 16.4 Å². The van der Waals surface area contributed by atoms with E-state index in [2.05, 4.69) is 15.4 Å². The molecule has 0 radical (unpaired) electrons. The minimum Gasteiger partial charge on any atom is -0.368 e. The highest BCUT2D eigenvalue weighted by Crippen LogP contribution is 2.15. The molecule has 3 rings (SSSR count). The predicted molar refractivity (Wildman–Crippen MR) is 96.9 cm³/mol. The first kappa shape index (κ1) is 17.1. The van der Waals surface area contributed by atoms with Crippen LogP contribution in [-0.2, 0) is 16.6 Å². The van der Waals surface area contributed by atoms with E-state index in [1.807, 2.05) is 30.3 Å². The van der Waals surface area contributed by atoms with Gasteiger partial charge in [-0.25, -0.2) is 4.79 Å². The molecule has 0 saturated heterocycles. The minimum absolute atomic E-state index is 0.00705. The van der Waals surface area contributed by atoms with Gasteiger partial charge in [0.15, 0.2) is 0 Å². The summed E-state index contributed by atoms with van der Waals surface area (Å²) in [5.74, 6) is 0.103. The summed E-state index contributed by atoms with van der Waals surface area (Å²) in [6.07, 6.45) is 0. The van der Waals surface area contributed by atoms with E-state index in [0.29, 0.717) is 10.7 Å². The number of aromatic nitrogens is 3. The Morgan fingerprint density at radius 1 is 1.16 bits per heavy atom. The van der Waals surface area contributed by atoms with Gasteiger partial charge in [0, 0.05) is 10.7 Å². The average molecular weight is 376 g/mol. The number of nitrogens with two attached hydrogens (primary N) is 1. The highest BCUT2D eigenvalue weighted by Gasteiger charge is 2.18. The predicted octanol–water partition coefficient (Wildman–Crippen LogP) is 2.90. The van der Waals surface area contributed by atoms with Gasteiger partial charge in [0.2, 0.25) is 11.1 Å². The lowest BCUT2D eigenvalue weighted by Gasteiger charge is -2.05. The van der Waals surface area contributed by atoms with Crippen LogP contribution < -0.4 is 11.1 Å². The topological polar surface area (TPSA) is 103 Å². The number of anilines is 2. The number of rotatable bonds is 4. The molecule has 2 aromatic carbocycles. The number of amides is 1. The maximum absolute atomic E-state index is 12.4. The van der Waals surface area contributed by atoms with E-state index in [4.69, 9.17) is 17.3 Å². The molecule has 1 unspecified atom stereocenters. The molecule has 0 aliphatic carbocycles. The van der Waals surface area contributed by atoms with Crippen LogP contribution >= 0.6 is 11.6 Å². The second kappa shape index (κ2) is 7.45. The van der Waals surface area contributed by atoms with Crippen LogP contribution in [0, 0.1) is 0 Å². The molecule has 0 saturated carbocycles. The van der Waals surface area contributed by atoms with Crippen LogP contribution in [0.15, 0.2) is 59.8 Å². The molecule has 0 fully saturated rings. The van der Waals surface area contributed by atoms with Gasteiger partial charge in [-0.15, -0.1) is 9.78 Å². The van der Waals surface area contributed by atoms with Gasteiger partial charge < -0.3 is 11.1 Å². The van der Waals surface area contributed by atoms with E-state index in [1.54, 1.807) is 24.3 Å². The molecule has 1 amide bonds. The van der Waals surface area contributed by atoms with Gasteiger partial charge >= 0.3 is 6.03 Å². The Balaban J connectivity index is 1.74. The van der Waals surface area contributed by atoms with Crippen LogP contribution in [-0.4, -0.2) is 25.0 Å². The standard InChI is InChI=1S/C16H14ClN5O2S/c17-12-6-8-13(9-7-12)19-16(23)22-14(18)20-15(21-22)25(24)10-11-4-2-1-3-5-11/h1-9H,10H2,(H,19,23)(H2,18,20,21). The van der Waals surface area contributed by atoms with Gasteiger partial charge in [-0.05, 0) is 29.8 Å². The number of hydrogen-bond acceptors (Lipinski definition) is 5. The van der Waals surface area contributed by atoms with Crippen LogP contribution in [0.5, 0.6) is 0 Å². The highest BCUT2D eigenvalue weighted by atomic mass is 35.5. The first-order valence-corrected chi connectivity index (χ1v) is 8.94. The van der Waals surface area contributed by atoms with Crippen LogP contribution in [0.2, 0.25) is 5.02 Å². The summed E-state index contributed by atoms with van der Waals surface area (Å²) >= 11 is 5.80. The molecule has 25 heavy (non-hydrogen) atoms. The van der Waals surface area contributed by atoms with Crippen molar-refractivity contribution in [3.63, 3.8) is 0 Å². The fourth-order valence-corrected chi connectivity index (χ4v) is 3.17. The molecule has 0 aliphatic heterocycles. The lowest BCUT2D eigenvalue weighted by atomic mass is 10.2. The molecule has 0 spiro atoms. The lowest BCUT2D eigenvalue weighted by Crippen LogP contribution is -2.22. The summed E-state index contributed by atoms with van der Waals surface area (Å²) in [5, 5.41) is 7.13. The molecular weight excluding hydrogens is 362 g/mol. The minimum atomic E-state index is -1.51. The van der Waals surface area contributed by atoms with Gasteiger partial charge in [0.05, 0.1) is 16.6 Å². The van der Waals surface area contributed by atoms with Crippen molar-refractivity contribution in [1.82, 2.24) is 14.8 Å². The SMILES string of the molecule is Nc1nc(S(=O)Cc2ccccc2)nn1C(=O)Nc1ccc(Cl)cc1. The Morgan fingerprint density at radius 3 is 2.52 bits per heavy atom. The zero-order valence-corrected chi connectivity index (χ0v) is 14.5. The largest absolute Gasteiger partial charge is 0.368 e. The lowest BCUT2D eigenvalue weighted by molar-refractivity contribution is 0.251. The third-order valence-corrected chi connectivity index (χ3v) is 4.67. The number of halogens is 1. The Morgan fingerprint density at radius 2 is 1.84 bits per heavy atom. The highest BCUT2D eigenvalue weighted by molar-refractivity contribution is 7.84. The van der Waals surface area contributed by atoms with Gasteiger partial charge in [-0.2, -0.15) is 4.98 Å². The number of nitrogen functional groups attached to an aromatic ring is 1. The molecule has 0 aliphatic rings. The number of carbonyl (C=O) groups excluding carboxylic acids is 1. The van der Waals surface area contributed by atoms with E-state index < -0.39 is 16.8 Å². The molecular formula is C16H14ClN5O2S. The van der Waals surface area contributed by atoms with Gasteiger partial charge in [-0.3, -0.25) is 4.21 Å². The number of carbonyl (C=O) groups is 1. The maximum Gasteiger partial charge on any atom is 0.349 e. The van der Waals surface area contributed by atoms with Crippen molar-refractivity contribution in [3.8, 4) is 0 Å². The summed E-state index contributed by atoms with van der Waals surface area (Å²) in [5.41, 5.74) is 7.12. The number of hydrogen-bond donors (Lipinski definition) is 2. The number of nitrogens with zero attached hydrogens (tertiary/aromatic N) is 3. The Labute approximate surface area is 151 Å².